The van der Waals surface area contributed by atoms with E-state index in [9.17, 15) is 9.90 Å². The fourth-order valence-corrected chi connectivity index (χ4v) is 7.37. The van der Waals surface area contributed by atoms with Crippen molar-refractivity contribution in [3.8, 4) is 0 Å². The maximum absolute atomic E-state index is 15.6. The summed E-state index contributed by atoms with van der Waals surface area (Å²) in [6, 6.07) is 12.3. The van der Waals surface area contributed by atoms with Crippen LogP contribution in [0.1, 0.15) is 85.0 Å². The fraction of sp³-hybridized carbons (Fsp3) is 0.472. The molecule has 7 nitrogen and oxygen atoms in total. The molecule has 2 aliphatic carbocycles. The van der Waals surface area contributed by atoms with Gasteiger partial charge in [-0.05, 0) is 112 Å². The van der Waals surface area contributed by atoms with Gasteiger partial charge in [0.15, 0.2) is 5.43 Å². The normalized spacial score (nSPS) is 22.3. The molecule has 0 bridgehead atoms. The molecule has 44 heavy (non-hydrogen) atoms. The smallest absolute Gasteiger partial charge is 0.193 e. The average Bonchev–Trinajstić information content (AvgIpc) is 3.78. The number of piperidine rings is 1. The van der Waals surface area contributed by atoms with Crippen molar-refractivity contribution in [3.05, 3.63) is 99.1 Å². The van der Waals surface area contributed by atoms with E-state index in [0.29, 0.717) is 48.5 Å². The van der Waals surface area contributed by atoms with Crippen molar-refractivity contribution in [2.24, 2.45) is 0 Å². The Balaban J connectivity index is 1.25. The number of anilines is 1. The molecule has 3 aromatic heterocycles. The van der Waals surface area contributed by atoms with Crippen molar-refractivity contribution in [1.29, 1.82) is 0 Å². The minimum atomic E-state index is -0.378. The number of halogens is 1. The number of hydrogen-bond donors (Lipinski definition) is 1. The van der Waals surface area contributed by atoms with Crippen LogP contribution in [0.15, 0.2) is 59.8 Å². The van der Waals surface area contributed by atoms with Crippen LogP contribution >= 0.6 is 0 Å². The number of benzene rings is 1. The molecule has 3 aliphatic rings. The molecule has 1 aliphatic heterocycles. The van der Waals surface area contributed by atoms with E-state index in [4.69, 9.17) is 0 Å². The summed E-state index contributed by atoms with van der Waals surface area (Å²) in [5, 5.41) is 10.6. The first-order chi connectivity index (χ1) is 21.3. The number of hydrogen-bond acceptors (Lipinski definition) is 6. The van der Waals surface area contributed by atoms with Crippen molar-refractivity contribution in [2.45, 2.75) is 96.0 Å². The van der Waals surface area contributed by atoms with Crippen LogP contribution in [0, 0.1) is 19.7 Å². The predicted molar refractivity (Wildman–Crippen MR) is 171 cm³/mol. The SMILES string of the molecule is Cc1ccc(N2CCC[C@H](N(Cc3ccnc(C)c3)Cc3cn(C4CC4)c4cc(C5CC[C@@H](O)C5)c(F)cc4c3=O)C2)cn1. The summed E-state index contributed by atoms with van der Waals surface area (Å²) in [4.78, 5) is 27.9. The predicted octanol–water partition coefficient (Wildman–Crippen LogP) is 6.18. The van der Waals surface area contributed by atoms with Crippen LogP contribution in [0.5, 0.6) is 0 Å². The Labute approximate surface area is 258 Å². The van der Waals surface area contributed by atoms with Gasteiger partial charge in [-0.1, -0.05) is 0 Å². The van der Waals surface area contributed by atoms with Gasteiger partial charge in [0, 0.05) is 73.0 Å². The van der Waals surface area contributed by atoms with Gasteiger partial charge in [0.25, 0.3) is 0 Å². The second-order valence-corrected chi connectivity index (χ2v) is 13.3. The highest BCUT2D eigenvalue weighted by molar-refractivity contribution is 5.81. The highest BCUT2D eigenvalue weighted by Crippen LogP contribution is 2.40. The van der Waals surface area contributed by atoms with Crippen LogP contribution in [0.3, 0.4) is 0 Å². The number of aryl methyl sites for hydroxylation is 2. The summed E-state index contributed by atoms with van der Waals surface area (Å²) in [5.74, 6) is -0.332. The van der Waals surface area contributed by atoms with E-state index < -0.39 is 0 Å². The second-order valence-electron chi connectivity index (χ2n) is 13.3. The highest BCUT2D eigenvalue weighted by Gasteiger charge is 2.31. The zero-order valence-corrected chi connectivity index (χ0v) is 25.8. The minimum Gasteiger partial charge on any atom is -0.393 e. The fourth-order valence-electron chi connectivity index (χ4n) is 7.37. The van der Waals surface area contributed by atoms with Crippen LogP contribution in [0.25, 0.3) is 10.9 Å². The Hall–Kier alpha value is -3.62. The van der Waals surface area contributed by atoms with Gasteiger partial charge in [-0.3, -0.25) is 19.7 Å². The van der Waals surface area contributed by atoms with Gasteiger partial charge in [-0.2, -0.15) is 0 Å². The molecule has 0 spiro atoms. The number of nitrogens with zero attached hydrogens (tertiary/aromatic N) is 5. The topological polar surface area (TPSA) is 74.5 Å². The lowest BCUT2D eigenvalue weighted by atomic mass is 9.95. The molecule has 4 heterocycles. The van der Waals surface area contributed by atoms with Gasteiger partial charge in [0.05, 0.1) is 23.5 Å². The molecule has 7 rings (SSSR count). The lowest BCUT2D eigenvalue weighted by molar-refractivity contribution is 0.158. The lowest BCUT2D eigenvalue weighted by Crippen LogP contribution is -2.48. The summed E-state index contributed by atoms with van der Waals surface area (Å²) in [6.07, 6.45) is 11.8. The minimum absolute atomic E-state index is 0.00545. The third-order valence-electron chi connectivity index (χ3n) is 9.90. The second kappa shape index (κ2) is 12.1. The van der Waals surface area contributed by atoms with E-state index >= 15 is 4.39 Å². The number of aliphatic hydroxyl groups excluding tert-OH is 1. The molecule has 0 radical (unpaired) electrons. The number of pyridine rings is 3. The largest absolute Gasteiger partial charge is 0.393 e. The summed E-state index contributed by atoms with van der Waals surface area (Å²) in [5.41, 5.74) is 6.37. The van der Waals surface area contributed by atoms with Gasteiger partial charge in [-0.15, -0.1) is 0 Å². The molecule has 1 N–H and O–H groups in total. The van der Waals surface area contributed by atoms with Crippen LogP contribution in [-0.2, 0) is 13.1 Å². The monoisotopic (exact) mass is 595 g/mol. The number of fused-ring (bicyclic) bond motifs is 1. The third-order valence-corrected chi connectivity index (χ3v) is 9.90. The first-order valence-electron chi connectivity index (χ1n) is 16.2. The molecule has 1 aromatic carbocycles. The lowest BCUT2D eigenvalue weighted by Gasteiger charge is -2.40. The van der Waals surface area contributed by atoms with Crippen molar-refractivity contribution < 1.29 is 9.50 Å². The Kier molecular flexibility index (Phi) is 7.97. The third kappa shape index (κ3) is 6.02. The van der Waals surface area contributed by atoms with Gasteiger partial charge in [-0.25, -0.2) is 4.39 Å². The van der Waals surface area contributed by atoms with Crippen molar-refractivity contribution in [2.75, 3.05) is 18.0 Å². The van der Waals surface area contributed by atoms with Crippen LogP contribution in [-0.4, -0.2) is 49.8 Å². The zero-order valence-electron chi connectivity index (χ0n) is 25.8. The summed E-state index contributed by atoms with van der Waals surface area (Å²) in [7, 11) is 0. The van der Waals surface area contributed by atoms with Gasteiger partial charge in [0.2, 0.25) is 0 Å². The Morgan fingerprint density at radius 3 is 2.59 bits per heavy atom. The first kappa shape index (κ1) is 29.1. The molecule has 0 amide bonds. The van der Waals surface area contributed by atoms with E-state index in [2.05, 4.69) is 54.8 Å². The Morgan fingerprint density at radius 1 is 1.00 bits per heavy atom. The number of aliphatic hydroxyl groups is 1. The average molecular weight is 596 g/mol. The summed E-state index contributed by atoms with van der Waals surface area (Å²) < 4.78 is 17.8. The molecular weight excluding hydrogens is 553 g/mol. The molecule has 1 saturated heterocycles. The van der Waals surface area contributed by atoms with E-state index in [0.717, 1.165) is 67.8 Å². The molecule has 1 unspecified atom stereocenters. The molecule has 2 saturated carbocycles. The van der Waals surface area contributed by atoms with Gasteiger partial charge < -0.3 is 14.6 Å². The van der Waals surface area contributed by atoms with Crippen LogP contribution in [0.2, 0.25) is 0 Å². The Bertz CT molecular complexity index is 1720. The first-order valence-corrected chi connectivity index (χ1v) is 16.2. The van der Waals surface area contributed by atoms with Crippen LogP contribution in [0.4, 0.5) is 10.1 Å². The van der Waals surface area contributed by atoms with Crippen molar-refractivity contribution >= 4 is 16.6 Å². The summed E-state index contributed by atoms with van der Waals surface area (Å²) in [6.45, 7) is 7.04. The quantitative estimate of drug-likeness (QED) is 0.262. The van der Waals surface area contributed by atoms with E-state index in [1.54, 1.807) is 0 Å². The highest BCUT2D eigenvalue weighted by atomic mass is 19.1. The maximum atomic E-state index is 15.6. The van der Waals surface area contributed by atoms with Crippen molar-refractivity contribution in [1.82, 2.24) is 19.4 Å². The zero-order chi connectivity index (χ0) is 30.4. The molecule has 8 heteroatoms. The van der Waals surface area contributed by atoms with Gasteiger partial charge in [0.1, 0.15) is 5.82 Å². The number of aromatic nitrogens is 3. The van der Waals surface area contributed by atoms with E-state index in [-0.39, 0.29) is 29.3 Å². The number of rotatable bonds is 8. The van der Waals surface area contributed by atoms with Gasteiger partial charge >= 0.3 is 0 Å². The molecule has 3 atom stereocenters. The molecular formula is C36H42FN5O2. The molecule has 4 aromatic rings. The van der Waals surface area contributed by atoms with Crippen molar-refractivity contribution in [3.63, 3.8) is 0 Å². The molecule has 3 fully saturated rings. The maximum Gasteiger partial charge on any atom is 0.193 e. The standard InChI is InChI=1S/C36H42FN5O2/c1-23-5-7-29(18-39-23)40-13-3-4-30(22-40)41(19-25-11-12-38-24(2)14-25)20-27-21-42(28-8-9-28)35-17-32(26-6-10-31(43)15-26)34(37)16-33(35)36(27)44/h5,7,11-12,14,16-18,21,26,28,30-31,43H,3-4,6,8-10,13,15,19-20,22H2,1-2H3/t26?,30-,31+/m0/s1. The Morgan fingerprint density at radius 2 is 1.86 bits per heavy atom. The summed E-state index contributed by atoms with van der Waals surface area (Å²) >= 11 is 0. The van der Waals surface area contributed by atoms with E-state index in [1.807, 2.05) is 32.3 Å². The van der Waals surface area contributed by atoms with E-state index in [1.165, 1.54) is 11.6 Å². The molecule has 230 valence electrons. The van der Waals surface area contributed by atoms with Crippen LogP contribution < -0.4 is 10.3 Å².